The fourth-order valence-electron chi connectivity index (χ4n) is 7.95. The van der Waals surface area contributed by atoms with Gasteiger partial charge < -0.3 is 0 Å². The molecule has 39 heavy (non-hydrogen) atoms. The van der Waals surface area contributed by atoms with E-state index in [4.69, 9.17) is 0 Å². The molecule has 0 aromatic heterocycles. The van der Waals surface area contributed by atoms with Crippen LogP contribution >= 0.6 is 0 Å². The maximum absolute atomic E-state index is 2.34. The summed E-state index contributed by atoms with van der Waals surface area (Å²) in [5.41, 5.74) is 0. The fraction of sp³-hybridized carbons (Fsp3) is 1.00. The van der Waals surface area contributed by atoms with Gasteiger partial charge in [0.2, 0.25) is 0 Å². The minimum Gasteiger partial charge on any atom is -0.0654 e. The van der Waals surface area contributed by atoms with Gasteiger partial charge in [0, 0.05) is 0 Å². The van der Waals surface area contributed by atoms with E-state index in [1.54, 1.807) is 38.5 Å². The Labute approximate surface area is 249 Å². The molecule has 0 aliphatic heterocycles. The smallest absolute Gasteiger partial charge is 0.0352 e. The van der Waals surface area contributed by atoms with Crippen LogP contribution in [0.5, 0.6) is 0 Å². The third-order valence-corrected chi connectivity index (χ3v) is 10.8. The van der Waals surface area contributed by atoms with E-state index in [0.717, 1.165) is 29.6 Å². The third kappa shape index (κ3) is 18.2. The second kappa shape index (κ2) is 24.6. The molecular weight excluding hydrogens is 468 g/mol. The standard InChI is InChI=1S/C39H76/c1-4-7-10-13-16-17-18-19-20-21-22-23-26-29-32-37(38-33-35(38)30-27-24-14-11-8-5-2)39-34-36(39)31-28-25-15-12-9-6-3/h35-39H,4-34H2,1-3H3. The van der Waals surface area contributed by atoms with Crippen molar-refractivity contribution in [2.45, 2.75) is 220 Å². The molecular formula is C39H76. The Hall–Kier alpha value is 0. The van der Waals surface area contributed by atoms with Crippen molar-refractivity contribution < 1.29 is 0 Å². The van der Waals surface area contributed by atoms with E-state index < -0.39 is 0 Å². The molecule has 0 saturated heterocycles. The highest BCUT2D eigenvalue weighted by molar-refractivity contribution is 5.00. The van der Waals surface area contributed by atoms with E-state index in [2.05, 4.69) is 20.8 Å². The van der Waals surface area contributed by atoms with Gasteiger partial charge >= 0.3 is 0 Å². The molecule has 0 aromatic rings. The van der Waals surface area contributed by atoms with Crippen LogP contribution in [0.1, 0.15) is 220 Å². The van der Waals surface area contributed by atoms with Crippen molar-refractivity contribution in [2.75, 3.05) is 0 Å². The SMILES string of the molecule is CCCCCCCCCCCCCCCCC(C1CC1CCCCCCCC)C1CC1CCCCCCCC. The minimum atomic E-state index is 1.12. The van der Waals surface area contributed by atoms with Gasteiger partial charge in [-0.25, -0.2) is 0 Å². The lowest BCUT2D eigenvalue weighted by molar-refractivity contribution is 0.318. The van der Waals surface area contributed by atoms with E-state index in [1.807, 2.05) is 0 Å². The first-order chi connectivity index (χ1) is 19.3. The Morgan fingerprint density at radius 3 is 0.974 bits per heavy atom. The lowest BCUT2D eigenvalue weighted by Gasteiger charge is -2.18. The highest BCUT2D eigenvalue weighted by Crippen LogP contribution is 2.59. The lowest BCUT2D eigenvalue weighted by Crippen LogP contribution is -2.09. The molecule has 4 atom stereocenters. The van der Waals surface area contributed by atoms with E-state index in [-0.39, 0.29) is 0 Å². The van der Waals surface area contributed by atoms with Gasteiger partial charge in [0.05, 0.1) is 0 Å². The lowest BCUT2D eigenvalue weighted by atomic mass is 9.87. The summed E-state index contributed by atoms with van der Waals surface area (Å²) < 4.78 is 0. The summed E-state index contributed by atoms with van der Waals surface area (Å²) in [5.74, 6) is 5.66. The Morgan fingerprint density at radius 1 is 0.359 bits per heavy atom. The predicted octanol–water partition coefficient (Wildman–Crippen LogP) is 14.2. The van der Waals surface area contributed by atoms with Crippen molar-refractivity contribution in [3.05, 3.63) is 0 Å². The van der Waals surface area contributed by atoms with Crippen LogP contribution in [0.25, 0.3) is 0 Å². The highest BCUT2D eigenvalue weighted by atomic mass is 14.6. The Morgan fingerprint density at radius 2 is 0.641 bits per heavy atom. The number of rotatable bonds is 31. The zero-order valence-corrected chi connectivity index (χ0v) is 27.8. The average Bonchev–Trinajstić information content (AvgIpc) is 3.87. The monoisotopic (exact) mass is 545 g/mol. The average molecular weight is 545 g/mol. The summed E-state index contributed by atoms with van der Waals surface area (Å²) in [6.45, 7) is 6.99. The first-order valence-electron chi connectivity index (χ1n) is 19.3. The van der Waals surface area contributed by atoms with Crippen molar-refractivity contribution in [2.24, 2.45) is 29.6 Å². The van der Waals surface area contributed by atoms with Gasteiger partial charge in [-0.3, -0.25) is 0 Å². The second-order valence-corrected chi connectivity index (χ2v) is 14.5. The minimum absolute atomic E-state index is 1.12. The molecule has 0 aromatic carbocycles. The summed E-state index contributed by atoms with van der Waals surface area (Å²) >= 11 is 0. The second-order valence-electron chi connectivity index (χ2n) is 14.5. The van der Waals surface area contributed by atoms with Crippen LogP contribution in [0.4, 0.5) is 0 Å². The Kier molecular flexibility index (Phi) is 22.2. The molecule has 232 valence electrons. The van der Waals surface area contributed by atoms with E-state index in [9.17, 15) is 0 Å². The van der Waals surface area contributed by atoms with Crippen molar-refractivity contribution in [3.63, 3.8) is 0 Å². The molecule has 2 rings (SSSR count). The summed E-state index contributed by atoms with van der Waals surface area (Å²) in [5, 5.41) is 0. The molecule has 0 radical (unpaired) electrons. The van der Waals surface area contributed by atoms with Gasteiger partial charge in [0.15, 0.2) is 0 Å². The van der Waals surface area contributed by atoms with E-state index in [0.29, 0.717) is 0 Å². The molecule has 2 aliphatic rings. The van der Waals surface area contributed by atoms with Gasteiger partial charge in [-0.05, 0) is 48.9 Å². The molecule has 2 saturated carbocycles. The zero-order chi connectivity index (χ0) is 27.8. The first-order valence-corrected chi connectivity index (χ1v) is 19.3. The molecule has 0 spiro atoms. The maximum Gasteiger partial charge on any atom is -0.0352 e. The Balaban J connectivity index is 1.54. The molecule has 0 heterocycles. The van der Waals surface area contributed by atoms with Crippen LogP contribution in [0.15, 0.2) is 0 Å². The number of hydrogen-bond acceptors (Lipinski definition) is 0. The molecule has 0 bridgehead atoms. The van der Waals surface area contributed by atoms with Crippen LogP contribution < -0.4 is 0 Å². The van der Waals surface area contributed by atoms with Crippen LogP contribution in [-0.2, 0) is 0 Å². The molecule has 2 aliphatic carbocycles. The van der Waals surface area contributed by atoms with E-state index in [1.165, 1.54) is 161 Å². The maximum atomic E-state index is 2.34. The van der Waals surface area contributed by atoms with Crippen molar-refractivity contribution >= 4 is 0 Å². The molecule has 0 heteroatoms. The Bertz CT molecular complexity index is 478. The van der Waals surface area contributed by atoms with Gasteiger partial charge in [0.25, 0.3) is 0 Å². The van der Waals surface area contributed by atoms with E-state index >= 15 is 0 Å². The molecule has 0 nitrogen and oxygen atoms in total. The molecule has 0 N–H and O–H groups in total. The van der Waals surface area contributed by atoms with Gasteiger partial charge in [-0.2, -0.15) is 0 Å². The number of unbranched alkanes of at least 4 members (excludes halogenated alkanes) is 23. The molecule has 2 fully saturated rings. The van der Waals surface area contributed by atoms with Gasteiger partial charge in [0.1, 0.15) is 0 Å². The highest BCUT2D eigenvalue weighted by Gasteiger charge is 2.51. The summed E-state index contributed by atoms with van der Waals surface area (Å²) in [7, 11) is 0. The zero-order valence-electron chi connectivity index (χ0n) is 27.8. The topological polar surface area (TPSA) is 0 Å². The van der Waals surface area contributed by atoms with Gasteiger partial charge in [-0.1, -0.05) is 201 Å². The normalized spacial score (nSPS) is 22.8. The summed E-state index contributed by atoms with van der Waals surface area (Å²) in [6.07, 6.45) is 46.5. The summed E-state index contributed by atoms with van der Waals surface area (Å²) in [4.78, 5) is 0. The molecule has 4 unspecified atom stereocenters. The third-order valence-electron chi connectivity index (χ3n) is 10.8. The van der Waals surface area contributed by atoms with Crippen LogP contribution in [0.3, 0.4) is 0 Å². The fourth-order valence-corrected chi connectivity index (χ4v) is 7.95. The van der Waals surface area contributed by atoms with Gasteiger partial charge in [-0.15, -0.1) is 0 Å². The van der Waals surface area contributed by atoms with Crippen LogP contribution in [-0.4, -0.2) is 0 Å². The first kappa shape index (κ1) is 35.2. The quantitative estimate of drug-likeness (QED) is 0.0761. The van der Waals surface area contributed by atoms with Crippen LogP contribution in [0, 0.1) is 29.6 Å². The molecule has 0 amide bonds. The summed E-state index contributed by atoms with van der Waals surface area (Å²) in [6, 6.07) is 0. The largest absolute Gasteiger partial charge is 0.0654 e. The predicted molar refractivity (Wildman–Crippen MR) is 178 cm³/mol. The van der Waals surface area contributed by atoms with Crippen molar-refractivity contribution in [1.29, 1.82) is 0 Å². The van der Waals surface area contributed by atoms with Crippen LogP contribution in [0.2, 0.25) is 0 Å². The van der Waals surface area contributed by atoms with Crippen molar-refractivity contribution in [1.82, 2.24) is 0 Å². The van der Waals surface area contributed by atoms with Crippen molar-refractivity contribution in [3.8, 4) is 0 Å². The number of hydrogen-bond donors (Lipinski definition) is 0.